The molecule has 0 spiro atoms. The summed E-state index contributed by atoms with van der Waals surface area (Å²) in [5.74, 6) is 0.866. The molecule has 25 heavy (non-hydrogen) atoms. The van der Waals surface area contributed by atoms with Gasteiger partial charge in [-0.25, -0.2) is 0 Å². The molecule has 1 atom stereocenters. The zero-order chi connectivity index (χ0) is 17.3. The van der Waals surface area contributed by atoms with Crippen molar-refractivity contribution in [3.05, 3.63) is 102 Å². The van der Waals surface area contributed by atoms with Crippen molar-refractivity contribution in [2.45, 2.75) is 25.6 Å². The van der Waals surface area contributed by atoms with E-state index in [-0.39, 0.29) is 6.10 Å². The molecule has 0 aliphatic rings. The van der Waals surface area contributed by atoms with E-state index in [0.717, 1.165) is 24.2 Å². The van der Waals surface area contributed by atoms with Gasteiger partial charge < -0.3 is 9.47 Å². The van der Waals surface area contributed by atoms with Crippen LogP contribution >= 0.6 is 0 Å². The van der Waals surface area contributed by atoms with Gasteiger partial charge in [0.2, 0.25) is 0 Å². The van der Waals surface area contributed by atoms with Gasteiger partial charge in [-0.15, -0.1) is 0 Å². The van der Waals surface area contributed by atoms with Crippen molar-refractivity contribution in [2.24, 2.45) is 0 Å². The van der Waals surface area contributed by atoms with Gasteiger partial charge in [0.05, 0.1) is 19.8 Å². The Labute approximate surface area is 150 Å². The zero-order valence-corrected chi connectivity index (χ0v) is 14.6. The third-order valence-corrected chi connectivity index (χ3v) is 4.30. The lowest BCUT2D eigenvalue weighted by Crippen LogP contribution is -2.07. The van der Waals surface area contributed by atoms with Gasteiger partial charge in [0.25, 0.3) is 0 Å². The van der Waals surface area contributed by atoms with Crippen LogP contribution in [0.1, 0.15) is 29.2 Å². The molecule has 0 saturated carbocycles. The molecule has 0 aliphatic carbocycles. The molecule has 0 N–H and O–H groups in total. The molecule has 3 aromatic rings. The van der Waals surface area contributed by atoms with E-state index in [0.29, 0.717) is 6.61 Å². The summed E-state index contributed by atoms with van der Waals surface area (Å²) in [4.78, 5) is 0. The highest BCUT2D eigenvalue weighted by Gasteiger charge is 2.13. The Hall–Kier alpha value is -2.58. The van der Waals surface area contributed by atoms with Gasteiger partial charge in [0.15, 0.2) is 0 Å². The Morgan fingerprint density at radius 1 is 0.760 bits per heavy atom. The molecule has 2 heteroatoms. The van der Waals surface area contributed by atoms with Gasteiger partial charge in [-0.3, -0.25) is 0 Å². The average Bonchev–Trinajstić information content (AvgIpc) is 2.69. The molecule has 0 aliphatic heterocycles. The lowest BCUT2D eigenvalue weighted by Gasteiger charge is -2.19. The van der Waals surface area contributed by atoms with Gasteiger partial charge in [-0.05, 0) is 41.7 Å². The van der Waals surface area contributed by atoms with Gasteiger partial charge in [0, 0.05) is 0 Å². The monoisotopic (exact) mass is 332 g/mol. The Morgan fingerprint density at radius 2 is 1.44 bits per heavy atom. The standard InChI is InChI=1S/C23H24O2/c1-24-22-14-8-13-21(17-22)23(16-15-19-9-4-2-5-10-19)25-18-20-11-6-3-7-12-20/h2-14,17,23H,15-16,18H2,1H3. The number of aryl methyl sites for hydroxylation is 1. The van der Waals surface area contributed by atoms with E-state index >= 15 is 0 Å². The molecule has 2 nitrogen and oxygen atoms in total. The topological polar surface area (TPSA) is 18.5 Å². The van der Waals surface area contributed by atoms with Crippen LogP contribution < -0.4 is 4.74 Å². The van der Waals surface area contributed by atoms with Crippen LogP contribution in [0.4, 0.5) is 0 Å². The maximum Gasteiger partial charge on any atom is 0.119 e. The predicted octanol–water partition coefficient (Wildman–Crippen LogP) is 5.59. The SMILES string of the molecule is COc1cccc(C(CCc2ccccc2)OCc2ccccc2)c1. The van der Waals surface area contributed by atoms with Crippen LogP contribution in [-0.4, -0.2) is 7.11 Å². The zero-order valence-electron chi connectivity index (χ0n) is 14.6. The van der Waals surface area contributed by atoms with Gasteiger partial charge in [-0.2, -0.15) is 0 Å². The Bertz CT molecular complexity index is 710. The third-order valence-electron chi connectivity index (χ3n) is 4.30. The van der Waals surface area contributed by atoms with Crippen LogP contribution in [0, 0.1) is 0 Å². The van der Waals surface area contributed by atoms with Gasteiger partial charge in [0.1, 0.15) is 5.75 Å². The molecule has 3 aromatic carbocycles. The van der Waals surface area contributed by atoms with Crippen LogP contribution in [0.15, 0.2) is 84.9 Å². The summed E-state index contributed by atoms with van der Waals surface area (Å²) in [7, 11) is 1.70. The normalized spacial score (nSPS) is 11.9. The first-order chi connectivity index (χ1) is 12.3. The summed E-state index contributed by atoms with van der Waals surface area (Å²) in [6.45, 7) is 0.609. The smallest absolute Gasteiger partial charge is 0.119 e. The summed E-state index contributed by atoms with van der Waals surface area (Å²) in [5, 5.41) is 0. The lowest BCUT2D eigenvalue weighted by atomic mass is 10.0. The second kappa shape index (κ2) is 9.05. The fraction of sp³-hybridized carbons (Fsp3) is 0.217. The van der Waals surface area contributed by atoms with E-state index in [4.69, 9.17) is 9.47 Å². The number of hydrogen-bond acceptors (Lipinski definition) is 2. The molecule has 128 valence electrons. The van der Waals surface area contributed by atoms with Crippen molar-refractivity contribution in [1.29, 1.82) is 0 Å². The second-order valence-corrected chi connectivity index (χ2v) is 6.09. The van der Waals surface area contributed by atoms with Crippen molar-refractivity contribution < 1.29 is 9.47 Å². The maximum absolute atomic E-state index is 6.28. The number of benzene rings is 3. The first kappa shape index (κ1) is 17.2. The first-order valence-electron chi connectivity index (χ1n) is 8.68. The Kier molecular flexibility index (Phi) is 6.24. The van der Waals surface area contributed by atoms with Crippen molar-refractivity contribution in [3.63, 3.8) is 0 Å². The average molecular weight is 332 g/mol. The highest BCUT2D eigenvalue weighted by Crippen LogP contribution is 2.27. The highest BCUT2D eigenvalue weighted by molar-refractivity contribution is 5.30. The molecule has 0 radical (unpaired) electrons. The molecular weight excluding hydrogens is 308 g/mol. The van der Waals surface area contributed by atoms with Crippen LogP contribution in [0.5, 0.6) is 5.75 Å². The number of hydrogen-bond donors (Lipinski definition) is 0. The molecule has 1 unspecified atom stereocenters. The maximum atomic E-state index is 6.28. The third kappa shape index (κ3) is 5.20. The van der Waals surface area contributed by atoms with E-state index in [1.807, 2.05) is 30.3 Å². The molecule has 0 aromatic heterocycles. The fourth-order valence-corrected chi connectivity index (χ4v) is 2.90. The van der Waals surface area contributed by atoms with E-state index < -0.39 is 0 Å². The quantitative estimate of drug-likeness (QED) is 0.535. The fourth-order valence-electron chi connectivity index (χ4n) is 2.90. The largest absolute Gasteiger partial charge is 0.497 e. The predicted molar refractivity (Wildman–Crippen MR) is 102 cm³/mol. The summed E-state index contributed by atoms with van der Waals surface area (Å²) < 4.78 is 11.7. The number of rotatable bonds is 8. The van der Waals surface area contributed by atoms with Crippen molar-refractivity contribution in [3.8, 4) is 5.75 Å². The van der Waals surface area contributed by atoms with Crippen molar-refractivity contribution in [1.82, 2.24) is 0 Å². The molecule has 3 rings (SSSR count). The molecule has 0 bridgehead atoms. The number of methoxy groups -OCH3 is 1. The van der Waals surface area contributed by atoms with Crippen LogP contribution in [0.3, 0.4) is 0 Å². The van der Waals surface area contributed by atoms with Crippen molar-refractivity contribution in [2.75, 3.05) is 7.11 Å². The van der Waals surface area contributed by atoms with Crippen molar-refractivity contribution >= 4 is 0 Å². The van der Waals surface area contributed by atoms with Crippen LogP contribution in [-0.2, 0) is 17.8 Å². The van der Waals surface area contributed by atoms with E-state index in [1.54, 1.807) is 7.11 Å². The lowest BCUT2D eigenvalue weighted by molar-refractivity contribution is 0.0339. The molecule has 0 fully saturated rings. The molecule has 0 saturated heterocycles. The molecule has 0 heterocycles. The Balaban J connectivity index is 1.72. The second-order valence-electron chi connectivity index (χ2n) is 6.09. The van der Waals surface area contributed by atoms with Gasteiger partial charge >= 0.3 is 0 Å². The summed E-state index contributed by atoms with van der Waals surface area (Å²) in [5.41, 5.74) is 3.68. The van der Waals surface area contributed by atoms with E-state index in [9.17, 15) is 0 Å². The molecular formula is C23H24O2. The summed E-state index contributed by atoms with van der Waals surface area (Å²) in [6.07, 6.45) is 1.96. The summed E-state index contributed by atoms with van der Waals surface area (Å²) >= 11 is 0. The van der Waals surface area contributed by atoms with E-state index in [1.165, 1.54) is 11.1 Å². The van der Waals surface area contributed by atoms with E-state index in [2.05, 4.69) is 54.6 Å². The van der Waals surface area contributed by atoms with Crippen LogP contribution in [0.25, 0.3) is 0 Å². The van der Waals surface area contributed by atoms with Crippen LogP contribution in [0.2, 0.25) is 0 Å². The molecule has 0 amide bonds. The number of ether oxygens (including phenoxy) is 2. The minimum Gasteiger partial charge on any atom is -0.497 e. The highest BCUT2D eigenvalue weighted by atomic mass is 16.5. The van der Waals surface area contributed by atoms with Gasteiger partial charge in [-0.1, -0.05) is 72.8 Å². The Morgan fingerprint density at radius 3 is 2.12 bits per heavy atom. The minimum absolute atomic E-state index is 0.0375. The minimum atomic E-state index is 0.0375. The summed E-state index contributed by atoms with van der Waals surface area (Å²) in [6, 6.07) is 29.0. The first-order valence-corrected chi connectivity index (χ1v) is 8.68.